The molecule has 0 fully saturated rings. The van der Waals surface area contributed by atoms with Gasteiger partial charge in [0.2, 0.25) is 10.0 Å². The molecule has 0 atom stereocenters. The number of aliphatic hydroxyl groups is 1. The van der Waals surface area contributed by atoms with Gasteiger partial charge in [0.15, 0.2) is 0 Å². The van der Waals surface area contributed by atoms with E-state index in [1.165, 1.54) is 4.31 Å². The van der Waals surface area contributed by atoms with Crippen molar-refractivity contribution in [2.24, 2.45) is 0 Å². The molecule has 0 heterocycles. The van der Waals surface area contributed by atoms with Crippen molar-refractivity contribution in [1.82, 2.24) is 4.31 Å². The molecule has 0 aliphatic carbocycles. The summed E-state index contributed by atoms with van der Waals surface area (Å²) in [4.78, 5) is 0.307. The Bertz CT molecular complexity index is 697. The summed E-state index contributed by atoms with van der Waals surface area (Å²) in [5, 5.41) is 8.76. The molecular weight excluding hydrogens is 310 g/mol. The van der Waals surface area contributed by atoms with Gasteiger partial charge in [-0.25, -0.2) is 12.7 Å². The fourth-order valence-corrected chi connectivity index (χ4v) is 3.58. The zero-order chi connectivity index (χ0) is 16.7. The topological polar surface area (TPSA) is 57.6 Å². The third-order valence-electron chi connectivity index (χ3n) is 3.80. The zero-order valence-corrected chi connectivity index (χ0v) is 14.2. The van der Waals surface area contributed by atoms with Gasteiger partial charge in [-0.15, -0.1) is 0 Å². The second kappa shape index (κ2) is 8.24. The number of nitrogens with zero attached hydrogens (tertiary/aromatic N) is 1. The van der Waals surface area contributed by atoms with Crippen molar-refractivity contribution >= 4 is 10.0 Å². The molecule has 0 saturated heterocycles. The molecule has 2 aromatic carbocycles. The Morgan fingerprint density at radius 2 is 1.48 bits per heavy atom. The number of unbranched alkanes of at least 4 members (excludes halogenated alkanes) is 2. The molecule has 0 amide bonds. The highest BCUT2D eigenvalue weighted by Gasteiger charge is 2.20. The summed E-state index contributed by atoms with van der Waals surface area (Å²) in [6.45, 7) is 0.611. The largest absolute Gasteiger partial charge is 0.396 e. The number of aliphatic hydroxyl groups excluding tert-OH is 1. The first-order valence-corrected chi connectivity index (χ1v) is 9.22. The highest BCUT2D eigenvalue weighted by atomic mass is 32.2. The molecule has 4 nitrogen and oxygen atoms in total. The number of benzene rings is 2. The maximum Gasteiger partial charge on any atom is 0.242 e. The summed E-state index contributed by atoms with van der Waals surface area (Å²) in [7, 11) is -1.86. The van der Waals surface area contributed by atoms with E-state index in [0.717, 1.165) is 24.0 Å². The normalized spacial score (nSPS) is 11.8. The lowest BCUT2D eigenvalue weighted by Crippen LogP contribution is -2.28. The van der Waals surface area contributed by atoms with E-state index in [2.05, 4.69) is 0 Å². The van der Waals surface area contributed by atoms with E-state index in [9.17, 15) is 8.42 Å². The van der Waals surface area contributed by atoms with Crippen LogP contribution in [0, 0.1) is 0 Å². The van der Waals surface area contributed by atoms with E-state index >= 15 is 0 Å². The molecule has 2 aromatic rings. The number of sulfonamides is 1. The van der Waals surface area contributed by atoms with E-state index in [1.807, 2.05) is 42.5 Å². The predicted octanol–water partition coefficient (Wildman–Crippen LogP) is 3.14. The van der Waals surface area contributed by atoms with Crippen LogP contribution in [0.5, 0.6) is 0 Å². The monoisotopic (exact) mass is 333 g/mol. The van der Waals surface area contributed by atoms with Crippen molar-refractivity contribution in [3.63, 3.8) is 0 Å². The smallest absolute Gasteiger partial charge is 0.242 e. The van der Waals surface area contributed by atoms with Gasteiger partial charge in [0, 0.05) is 20.2 Å². The second-order valence-corrected chi connectivity index (χ2v) is 7.55. The van der Waals surface area contributed by atoms with Crippen molar-refractivity contribution in [2.75, 3.05) is 20.2 Å². The Labute approximate surface area is 138 Å². The predicted molar refractivity (Wildman–Crippen MR) is 92.6 cm³/mol. The van der Waals surface area contributed by atoms with Gasteiger partial charge in [0.05, 0.1) is 4.90 Å². The molecular formula is C18H23NO3S. The minimum absolute atomic E-state index is 0.150. The molecule has 0 aliphatic heterocycles. The van der Waals surface area contributed by atoms with Gasteiger partial charge < -0.3 is 5.11 Å². The average Bonchev–Trinajstić information content (AvgIpc) is 2.59. The maximum atomic E-state index is 12.5. The van der Waals surface area contributed by atoms with Crippen LogP contribution >= 0.6 is 0 Å². The summed E-state index contributed by atoms with van der Waals surface area (Å²) >= 11 is 0. The van der Waals surface area contributed by atoms with Gasteiger partial charge in [-0.05, 0) is 42.5 Å². The van der Waals surface area contributed by atoms with Crippen molar-refractivity contribution in [1.29, 1.82) is 0 Å². The fourth-order valence-electron chi connectivity index (χ4n) is 2.37. The van der Waals surface area contributed by atoms with E-state index < -0.39 is 10.0 Å². The minimum Gasteiger partial charge on any atom is -0.396 e. The first-order chi connectivity index (χ1) is 11.1. The Balaban J connectivity index is 2.08. The van der Waals surface area contributed by atoms with Crippen molar-refractivity contribution in [3.8, 4) is 11.1 Å². The first kappa shape index (κ1) is 17.7. The molecule has 0 unspecified atom stereocenters. The molecule has 0 saturated carbocycles. The van der Waals surface area contributed by atoms with E-state index in [4.69, 9.17) is 5.11 Å². The Morgan fingerprint density at radius 1 is 0.870 bits per heavy atom. The highest BCUT2D eigenvalue weighted by molar-refractivity contribution is 7.89. The Kier molecular flexibility index (Phi) is 6.33. The number of hydrogen-bond donors (Lipinski definition) is 1. The molecule has 124 valence electrons. The summed E-state index contributed by atoms with van der Waals surface area (Å²) in [6, 6.07) is 16.8. The van der Waals surface area contributed by atoms with E-state index in [-0.39, 0.29) is 6.61 Å². The van der Waals surface area contributed by atoms with Crippen LogP contribution in [-0.4, -0.2) is 38.0 Å². The summed E-state index contributed by atoms with van der Waals surface area (Å²) in [6.07, 6.45) is 2.28. The molecule has 0 aromatic heterocycles. The standard InChI is InChI=1S/C18H23NO3S/c1-19(14-6-3-7-15-20)23(21,22)18-12-10-17(11-13-18)16-8-4-2-5-9-16/h2,4-5,8-13,20H,3,6-7,14-15H2,1H3. The lowest BCUT2D eigenvalue weighted by Gasteiger charge is -2.17. The van der Waals surface area contributed by atoms with Crippen LogP contribution in [0.25, 0.3) is 11.1 Å². The number of hydrogen-bond acceptors (Lipinski definition) is 3. The van der Waals surface area contributed by atoms with Gasteiger partial charge in [-0.3, -0.25) is 0 Å². The highest BCUT2D eigenvalue weighted by Crippen LogP contribution is 2.22. The maximum absolute atomic E-state index is 12.5. The van der Waals surface area contributed by atoms with Gasteiger partial charge >= 0.3 is 0 Å². The SMILES string of the molecule is CN(CCCCCO)S(=O)(=O)c1ccc(-c2ccccc2)cc1. The van der Waals surface area contributed by atoms with E-state index in [0.29, 0.717) is 17.9 Å². The second-order valence-electron chi connectivity index (χ2n) is 5.50. The molecule has 2 rings (SSSR count). The third kappa shape index (κ3) is 4.64. The molecule has 23 heavy (non-hydrogen) atoms. The quantitative estimate of drug-likeness (QED) is 0.755. The summed E-state index contributed by atoms with van der Waals surface area (Å²) in [5.74, 6) is 0. The third-order valence-corrected chi connectivity index (χ3v) is 5.67. The van der Waals surface area contributed by atoms with Crippen LogP contribution in [0.3, 0.4) is 0 Å². The average molecular weight is 333 g/mol. The van der Waals surface area contributed by atoms with Crippen LogP contribution in [0.1, 0.15) is 19.3 Å². The molecule has 0 spiro atoms. The van der Waals surface area contributed by atoms with Crippen molar-refractivity contribution in [3.05, 3.63) is 54.6 Å². The molecule has 1 N–H and O–H groups in total. The van der Waals surface area contributed by atoms with Crippen LogP contribution < -0.4 is 0 Å². The van der Waals surface area contributed by atoms with Crippen LogP contribution in [0.4, 0.5) is 0 Å². The molecule has 0 aliphatic rings. The minimum atomic E-state index is -3.45. The van der Waals surface area contributed by atoms with Gasteiger partial charge in [0.25, 0.3) is 0 Å². The van der Waals surface area contributed by atoms with Crippen molar-refractivity contribution < 1.29 is 13.5 Å². The molecule has 0 radical (unpaired) electrons. The molecule has 0 bridgehead atoms. The Morgan fingerprint density at radius 3 is 2.09 bits per heavy atom. The van der Waals surface area contributed by atoms with Gasteiger partial charge in [0.1, 0.15) is 0 Å². The van der Waals surface area contributed by atoms with Crippen LogP contribution in [0.2, 0.25) is 0 Å². The summed E-state index contributed by atoms with van der Waals surface area (Å²) < 4.78 is 26.4. The van der Waals surface area contributed by atoms with Crippen molar-refractivity contribution in [2.45, 2.75) is 24.2 Å². The van der Waals surface area contributed by atoms with Gasteiger partial charge in [-0.1, -0.05) is 42.5 Å². The van der Waals surface area contributed by atoms with E-state index in [1.54, 1.807) is 19.2 Å². The molecule has 5 heteroatoms. The van der Waals surface area contributed by atoms with Gasteiger partial charge in [-0.2, -0.15) is 0 Å². The van der Waals surface area contributed by atoms with Crippen LogP contribution in [-0.2, 0) is 10.0 Å². The lowest BCUT2D eigenvalue weighted by atomic mass is 10.1. The zero-order valence-electron chi connectivity index (χ0n) is 13.4. The van der Waals surface area contributed by atoms with Crippen LogP contribution in [0.15, 0.2) is 59.5 Å². The fraction of sp³-hybridized carbons (Fsp3) is 0.333. The lowest BCUT2D eigenvalue weighted by molar-refractivity contribution is 0.281. The Hall–Kier alpha value is -1.69. The first-order valence-electron chi connectivity index (χ1n) is 7.78. The summed E-state index contributed by atoms with van der Waals surface area (Å²) in [5.41, 5.74) is 2.06. The number of rotatable bonds is 8.